The standard InChI is InChI=1S/C28H28FNO2/c1-3-32-27(31)28(2,29)25(20-17-18-20)23-15-10-16-24(19-23)30-26(21-11-6-4-7-12-21)22-13-8-5-9-14-22/h4-16,19-20,25H,3,17-18H2,1-2H3. The van der Waals surface area contributed by atoms with Crippen molar-refractivity contribution in [1.82, 2.24) is 0 Å². The number of esters is 1. The predicted molar refractivity (Wildman–Crippen MR) is 126 cm³/mol. The summed E-state index contributed by atoms with van der Waals surface area (Å²) in [6, 6.07) is 27.6. The van der Waals surface area contributed by atoms with Gasteiger partial charge in [0.25, 0.3) is 0 Å². The number of rotatable bonds is 8. The van der Waals surface area contributed by atoms with Crippen molar-refractivity contribution < 1.29 is 13.9 Å². The molecule has 1 fully saturated rings. The second kappa shape index (κ2) is 9.47. The Labute approximate surface area is 189 Å². The molecule has 4 heteroatoms. The molecule has 1 saturated carbocycles. The molecule has 0 aliphatic heterocycles. The van der Waals surface area contributed by atoms with Crippen molar-refractivity contribution in [3.05, 3.63) is 102 Å². The summed E-state index contributed by atoms with van der Waals surface area (Å²) in [7, 11) is 0. The molecule has 0 amide bonds. The molecule has 0 radical (unpaired) electrons. The number of halogens is 1. The van der Waals surface area contributed by atoms with Crippen LogP contribution in [0.15, 0.2) is 89.9 Å². The van der Waals surface area contributed by atoms with E-state index in [1.165, 1.54) is 6.92 Å². The molecule has 164 valence electrons. The number of nitrogens with zero attached hydrogens (tertiary/aromatic N) is 1. The van der Waals surface area contributed by atoms with Gasteiger partial charge in [0.2, 0.25) is 5.67 Å². The Morgan fingerprint density at radius 3 is 2.12 bits per heavy atom. The topological polar surface area (TPSA) is 38.7 Å². The zero-order valence-electron chi connectivity index (χ0n) is 18.5. The third-order valence-corrected chi connectivity index (χ3v) is 5.92. The van der Waals surface area contributed by atoms with E-state index in [0.717, 1.165) is 40.9 Å². The van der Waals surface area contributed by atoms with Gasteiger partial charge in [-0.05, 0) is 50.3 Å². The van der Waals surface area contributed by atoms with Crippen LogP contribution in [0.1, 0.15) is 49.3 Å². The van der Waals surface area contributed by atoms with E-state index in [9.17, 15) is 4.79 Å². The second-order valence-electron chi connectivity index (χ2n) is 8.40. The lowest BCUT2D eigenvalue weighted by Gasteiger charge is -2.29. The highest BCUT2D eigenvalue weighted by Crippen LogP contribution is 2.50. The van der Waals surface area contributed by atoms with Gasteiger partial charge in [-0.3, -0.25) is 0 Å². The van der Waals surface area contributed by atoms with E-state index < -0.39 is 17.6 Å². The van der Waals surface area contributed by atoms with E-state index in [1.54, 1.807) is 6.92 Å². The number of ether oxygens (including phenoxy) is 1. The Kier molecular flexibility index (Phi) is 6.50. The van der Waals surface area contributed by atoms with Crippen LogP contribution in [0.3, 0.4) is 0 Å². The number of aliphatic imine (C=N–C) groups is 1. The van der Waals surface area contributed by atoms with E-state index in [1.807, 2.05) is 84.9 Å². The molecule has 32 heavy (non-hydrogen) atoms. The SMILES string of the molecule is CCOC(=O)C(C)(F)C(c1cccc(N=C(c2ccccc2)c2ccccc2)c1)C1CC1. The quantitative estimate of drug-likeness (QED) is 0.297. The minimum atomic E-state index is -2.08. The highest BCUT2D eigenvalue weighted by atomic mass is 19.1. The van der Waals surface area contributed by atoms with Crippen LogP contribution < -0.4 is 0 Å². The molecule has 0 aromatic heterocycles. The Bertz CT molecular complexity index is 1050. The summed E-state index contributed by atoms with van der Waals surface area (Å²) in [5.74, 6) is -1.20. The molecule has 1 aliphatic rings. The molecule has 1 aliphatic carbocycles. The molecular formula is C28H28FNO2. The zero-order chi connectivity index (χ0) is 22.6. The number of benzene rings is 3. The summed E-state index contributed by atoms with van der Waals surface area (Å²) < 4.78 is 20.8. The normalized spacial score (nSPS) is 16.0. The molecule has 3 nitrogen and oxygen atoms in total. The Hall–Kier alpha value is -3.27. The average Bonchev–Trinajstić information content (AvgIpc) is 3.64. The smallest absolute Gasteiger partial charge is 0.344 e. The van der Waals surface area contributed by atoms with Gasteiger partial charge >= 0.3 is 5.97 Å². The number of carbonyl (C=O) groups is 1. The molecule has 4 rings (SSSR count). The summed E-state index contributed by atoms with van der Waals surface area (Å²) in [4.78, 5) is 17.4. The zero-order valence-corrected chi connectivity index (χ0v) is 18.5. The van der Waals surface area contributed by atoms with Crippen LogP contribution in [0.4, 0.5) is 10.1 Å². The first kappa shape index (κ1) is 21.9. The summed E-state index contributed by atoms with van der Waals surface area (Å²) in [5.41, 5.74) is 2.29. The maximum atomic E-state index is 15.7. The second-order valence-corrected chi connectivity index (χ2v) is 8.40. The largest absolute Gasteiger partial charge is 0.464 e. The van der Waals surface area contributed by atoms with Crippen LogP contribution in [-0.4, -0.2) is 24.0 Å². The first-order chi connectivity index (χ1) is 15.5. The number of hydrogen-bond donors (Lipinski definition) is 0. The highest BCUT2D eigenvalue weighted by molar-refractivity contribution is 6.13. The molecule has 3 aromatic rings. The van der Waals surface area contributed by atoms with Crippen molar-refractivity contribution in [2.45, 2.75) is 38.3 Å². The minimum absolute atomic E-state index is 0.136. The first-order valence-corrected chi connectivity index (χ1v) is 11.2. The van der Waals surface area contributed by atoms with Crippen LogP contribution in [0.5, 0.6) is 0 Å². The fourth-order valence-electron chi connectivity index (χ4n) is 4.26. The van der Waals surface area contributed by atoms with Crippen molar-refractivity contribution in [1.29, 1.82) is 0 Å². The van der Waals surface area contributed by atoms with E-state index in [2.05, 4.69) is 0 Å². The number of alkyl halides is 1. The molecule has 2 unspecified atom stereocenters. The number of hydrogen-bond acceptors (Lipinski definition) is 3. The van der Waals surface area contributed by atoms with Gasteiger partial charge in [0, 0.05) is 17.0 Å². The van der Waals surface area contributed by atoms with E-state index in [4.69, 9.17) is 9.73 Å². The van der Waals surface area contributed by atoms with Crippen molar-refractivity contribution >= 4 is 17.4 Å². The fraction of sp³-hybridized carbons (Fsp3) is 0.286. The lowest BCUT2D eigenvalue weighted by Crippen LogP contribution is -2.39. The third kappa shape index (κ3) is 4.80. The van der Waals surface area contributed by atoms with Crippen LogP contribution in [0.2, 0.25) is 0 Å². The van der Waals surface area contributed by atoms with Gasteiger partial charge in [-0.1, -0.05) is 72.8 Å². The minimum Gasteiger partial charge on any atom is -0.464 e. The Morgan fingerprint density at radius 2 is 1.59 bits per heavy atom. The Morgan fingerprint density at radius 1 is 1.00 bits per heavy atom. The molecule has 0 heterocycles. The summed E-state index contributed by atoms with van der Waals surface area (Å²) in [6.07, 6.45) is 1.83. The maximum absolute atomic E-state index is 15.7. The lowest BCUT2D eigenvalue weighted by atomic mass is 9.81. The van der Waals surface area contributed by atoms with E-state index in [-0.39, 0.29) is 12.5 Å². The number of carbonyl (C=O) groups excluding carboxylic acids is 1. The molecule has 2 atom stereocenters. The fourth-order valence-corrected chi connectivity index (χ4v) is 4.26. The third-order valence-electron chi connectivity index (χ3n) is 5.92. The van der Waals surface area contributed by atoms with Crippen molar-refractivity contribution in [3.8, 4) is 0 Å². The van der Waals surface area contributed by atoms with Gasteiger partial charge in [-0.25, -0.2) is 14.2 Å². The van der Waals surface area contributed by atoms with Gasteiger partial charge in [-0.15, -0.1) is 0 Å². The molecule has 0 saturated heterocycles. The van der Waals surface area contributed by atoms with Crippen molar-refractivity contribution in [2.24, 2.45) is 10.9 Å². The summed E-state index contributed by atoms with van der Waals surface area (Å²) >= 11 is 0. The van der Waals surface area contributed by atoms with Crippen LogP contribution in [-0.2, 0) is 9.53 Å². The van der Waals surface area contributed by atoms with Crippen molar-refractivity contribution in [2.75, 3.05) is 6.61 Å². The van der Waals surface area contributed by atoms with Gasteiger partial charge < -0.3 is 4.74 Å². The summed E-state index contributed by atoms with van der Waals surface area (Å²) in [6.45, 7) is 3.21. The van der Waals surface area contributed by atoms with Crippen LogP contribution in [0, 0.1) is 5.92 Å². The molecule has 0 N–H and O–H groups in total. The van der Waals surface area contributed by atoms with Gasteiger partial charge in [0.05, 0.1) is 18.0 Å². The van der Waals surface area contributed by atoms with E-state index in [0.29, 0.717) is 0 Å². The van der Waals surface area contributed by atoms with Crippen molar-refractivity contribution in [3.63, 3.8) is 0 Å². The average molecular weight is 430 g/mol. The molecular weight excluding hydrogens is 401 g/mol. The first-order valence-electron chi connectivity index (χ1n) is 11.2. The van der Waals surface area contributed by atoms with Gasteiger partial charge in [-0.2, -0.15) is 0 Å². The predicted octanol–water partition coefficient (Wildman–Crippen LogP) is 6.64. The molecule has 3 aromatic carbocycles. The lowest BCUT2D eigenvalue weighted by molar-refractivity contribution is -0.158. The van der Waals surface area contributed by atoms with Crippen LogP contribution >= 0.6 is 0 Å². The van der Waals surface area contributed by atoms with Crippen LogP contribution in [0.25, 0.3) is 0 Å². The monoisotopic (exact) mass is 429 g/mol. The Balaban J connectivity index is 1.75. The highest BCUT2D eigenvalue weighted by Gasteiger charge is 2.51. The molecule has 0 bridgehead atoms. The maximum Gasteiger partial charge on any atom is 0.344 e. The van der Waals surface area contributed by atoms with E-state index >= 15 is 4.39 Å². The summed E-state index contributed by atoms with van der Waals surface area (Å²) in [5, 5.41) is 0. The van der Waals surface area contributed by atoms with Gasteiger partial charge in [0.1, 0.15) is 0 Å². The molecule has 0 spiro atoms. The van der Waals surface area contributed by atoms with Gasteiger partial charge in [0.15, 0.2) is 0 Å².